The van der Waals surface area contributed by atoms with Gasteiger partial charge in [0.1, 0.15) is 16.4 Å². The van der Waals surface area contributed by atoms with Gasteiger partial charge >= 0.3 is 0 Å². The molecule has 0 radical (unpaired) electrons. The second kappa shape index (κ2) is 10.1. The summed E-state index contributed by atoms with van der Waals surface area (Å²) >= 11 is 0. The molecule has 2 aromatic carbocycles. The summed E-state index contributed by atoms with van der Waals surface area (Å²) in [6.45, 7) is 1.76. The summed E-state index contributed by atoms with van der Waals surface area (Å²) in [7, 11) is -2.62. The van der Waals surface area contributed by atoms with Crippen LogP contribution in [-0.2, 0) is 21.2 Å². The Morgan fingerprint density at radius 1 is 1.17 bits per heavy atom. The van der Waals surface area contributed by atoms with Gasteiger partial charge in [-0.1, -0.05) is 6.07 Å². The van der Waals surface area contributed by atoms with E-state index in [1.807, 2.05) is 6.07 Å². The summed E-state index contributed by atoms with van der Waals surface area (Å²) < 4.78 is 39.2. The quantitative estimate of drug-likeness (QED) is 0.436. The molecule has 3 aromatic rings. The van der Waals surface area contributed by atoms with Crippen molar-refractivity contribution in [3.8, 4) is 11.5 Å². The van der Waals surface area contributed by atoms with Crippen LogP contribution in [0, 0.1) is 0 Å². The van der Waals surface area contributed by atoms with Crippen LogP contribution < -0.4 is 24.8 Å². The first kappa shape index (κ1) is 24.2. The highest BCUT2D eigenvalue weighted by atomic mass is 32.2. The molecule has 0 fully saturated rings. The van der Waals surface area contributed by atoms with Gasteiger partial charge in [0.2, 0.25) is 10.0 Å². The van der Waals surface area contributed by atoms with Gasteiger partial charge in [-0.2, -0.15) is 0 Å². The van der Waals surface area contributed by atoms with Crippen molar-refractivity contribution in [2.45, 2.75) is 24.3 Å². The minimum Gasteiger partial charge on any atom is -0.495 e. The molecule has 0 unspecified atom stereocenters. The molecule has 0 bridgehead atoms. The van der Waals surface area contributed by atoms with E-state index in [2.05, 4.69) is 20.3 Å². The van der Waals surface area contributed by atoms with Crippen molar-refractivity contribution >= 4 is 33.2 Å². The molecule has 2 amide bonds. The van der Waals surface area contributed by atoms with E-state index in [-0.39, 0.29) is 28.7 Å². The maximum Gasteiger partial charge on any atom is 0.265 e. The molecule has 0 aliphatic carbocycles. The Morgan fingerprint density at radius 2 is 2.00 bits per heavy atom. The number of aromatic nitrogens is 1. The molecule has 0 spiro atoms. The minimum atomic E-state index is -3.97. The number of benzene rings is 2. The standard InChI is InChI=1S/C24H24N4O6S/c1-15-23(29)28-19-14-18(7-9-20(19)34-15)27-24(30)16-6-8-21(33-2)22(13-16)35(31,32)26-12-10-17-5-3-4-11-25-17/h3-9,11,13-15,26H,10,12H2,1-2H3,(H,27,30)(H,28,29)/t15-/m1/s1. The lowest BCUT2D eigenvalue weighted by Gasteiger charge is -2.23. The van der Waals surface area contributed by atoms with Crippen LogP contribution in [0.15, 0.2) is 65.7 Å². The van der Waals surface area contributed by atoms with E-state index in [1.54, 1.807) is 43.5 Å². The molecule has 10 nitrogen and oxygen atoms in total. The summed E-state index contributed by atoms with van der Waals surface area (Å²) in [5, 5.41) is 5.42. The molecule has 0 saturated carbocycles. The number of hydrogen-bond donors (Lipinski definition) is 3. The van der Waals surface area contributed by atoms with Crippen molar-refractivity contribution in [3.05, 3.63) is 72.1 Å². The number of carbonyl (C=O) groups excluding carboxylic acids is 2. The number of rotatable bonds is 8. The number of sulfonamides is 1. The number of nitrogens with one attached hydrogen (secondary N) is 3. The molecule has 182 valence electrons. The fraction of sp³-hybridized carbons (Fsp3) is 0.208. The third-order valence-corrected chi connectivity index (χ3v) is 6.77. The fourth-order valence-corrected chi connectivity index (χ4v) is 4.68. The zero-order valence-corrected chi connectivity index (χ0v) is 19.9. The number of fused-ring (bicyclic) bond motifs is 1. The average molecular weight is 497 g/mol. The van der Waals surface area contributed by atoms with Crippen molar-refractivity contribution in [1.82, 2.24) is 9.71 Å². The van der Waals surface area contributed by atoms with E-state index in [1.165, 1.54) is 25.3 Å². The Hall–Kier alpha value is -3.96. The molecule has 35 heavy (non-hydrogen) atoms. The zero-order valence-electron chi connectivity index (χ0n) is 19.1. The topological polar surface area (TPSA) is 136 Å². The largest absolute Gasteiger partial charge is 0.495 e. The molecule has 1 atom stereocenters. The first-order chi connectivity index (χ1) is 16.8. The van der Waals surface area contributed by atoms with E-state index in [4.69, 9.17) is 9.47 Å². The van der Waals surface area contributed by atoms with Gasteiger partial charge in [0.25, 0.3) is 11.8 Å². The van der Waals surface area contributed by atoms with Gasteiger partial charge in [0.15, 0.2) is 6.10 Å². The number of methoxy groups -OCH3 is 1. The van der Waals surface area contributed by atoms with Gasteiger partial charge in [0.05, 0.1) is 12.8 Å². The number of anilines is 2. The zero-order chi connectivity index (χ0) is 25.0. The Balaban J connectivity index is 1.50. The summed E-state index contributed by atoms with van der Waals surface area (Å²) in [5.74, 6) is -0.227. The molecule has 3 N–H and O–H groups in total. The lowest BCUT2D eigenvalue weighted by atomic mass is 10.1. The number of pyridine rings is 1. The highest BCUT2D eigenvalue weighted by Gasteiger charge is 2.24. The summed E-state index contributed by atoms with van der Waals surface area (Å²) in [6, 6.07) is 14.4. The van der Waals surface area contributed by atoms with E-state index in [9.17, 15) is 18.0 Å². The van der Waals surface area contributed by atoms with Crippen molar-refractivity contribution < 1.29 is 27.5 Å². The van der Waals surface area contributed by atoms with Gasteiger partial charge in [-0.15, -0.1) is 0 Å². The van der Waals surface area contributed by atoms with E-state index in [0.717, 1.165) is 5.69 Å². The molecule has 4 rings (SSSR count). The van der Waals surface area contributed by atoms with Crippen LogP contribution in [0.1, 0.15) is 23.0 Å². The maximum atomic E-state index is 13.0. The van der Waals surface area contributed by atoms with Crippen molar-refractivity contribution in [2.24, 2.45) is 0 Å². The molecule has 2 heterocycles. The second-order valence-electron chi connectivity index (χ2n) is 7.75. The van der Waals surface area contributed by atoms with Crippen molar-refractivity contribution in [3.63, 3.8) is 0 Å². The first-order valence-corrected chi connectivity index (χ1v) is 12.3. The number of amides is 2. The predicted octanol–water partition coefficient (Wildman–Crippen LogP) is 2.58. The summed E-state index contributed by atoms with van der Waals surface area (Å²) in [6.07, 6.45) is 1.43. The monoisotopic (exact) mass is 496 g/mol. The number of carbonyl (C=O) groups is 2. The van der Waals surface area contributed by atoms with Crippen LogP contribution in [-0.4, -0.2) is 45.0 Å². The van der Waals surface area contributed by atoms with Crippen molar-refractivity contribution in [2.75, 3.05) is 24.3 Å². The van der Waals surface area contributed by atoms with Crippen LogP contribution >= 0.6 is 0 Å². The smallest absolute Gasteiger partial charge is 0.265 e. The van der Waals surface area contributed by atoms with Crippen LogP contribution in [0.4, 0.5) is 11.4 Å². The van der Waals surface area contributed by atoms with Gasteiger partial charge in [-0.3, -0.25) is 14.6 Å². The number of hydrogen-bond acceptors (Lipinski definition) is 7. The van der Waals surface area contributed by atoms with Gasteiger partial charge in [0, 0.05) is 36.1 Å². The van der Waals surface area contributed by atoms with Gasteiger partial charge in [-0.05, 0) is 55.5 Å². The SMILES string of the molecule is COc1ccc(C(=O)Nc2ccc3c(c2)NC(=O)[C@@H](C)O3)cc1S(=O)(=O)NCCc1ccccn1. The third kappa shape index (κ3) is 5.58. The first-order valence-electron chi connectivity index (χ1n) is 10.8. The van der Waals surface area contributed by atoms with Crippen LogP contribution in [0.3, 0.4) is 0 Å². The normalized spacial score (nSPS) is 14.9. The summed E-state index contributed by atoms with van der Waals surface area (Å²) in [4.78, 5) is 28.8. The van der Waals surface area contributed by atoms with Crippen LogP contribution in [0.2, 0.25) is 0 Å². The Bertz CT molecular complexity index is 1360. The number of nitrogens with zero attached hydrogens (tertiary/aromatic N) is 1. The molecule has 1 aromatic heterocycles. The maximum absolute atomic E-state index is 13.0. The molecule has 0 saturated heterocycles. The van der Waals surface area contributed by atoms with Gasteiger partial charge < -0.3 is 20.1 Å². The Labute approximate surface area is 202 Å². The van der Waals surface area contributed by atoms with E-state index < -0.39 is 22.0 Å². The van der Waals surface area contributed by atoms with E-state index in [0.29, 0.717) is 23.5 Å². The molecular weight excluding hydrogens is 472 g/mol. The fourth-order valence-electron chi connectivity index (χ4n) is 3.45. The summed E-state index contributed by atoms with van der Waals surface area (Å²) in [5.41, 5.74) is 1.70. The molecule has 1 aliphatic heterocycles. The second-order valence-corrected chi connectivity index (χ2v) is 9.48. The lowest BCUT2D eigenvalue weighted by molar-refractivity contribution is -0.122. The average Bonchev–Trinajstić information content (AvgIpc) is 2.85. The third-order valence-electron chi connectivity index (χ3n) is 5.28. The minimum absolute atomic E-state index is 0.106. The van der Waals surface area contributed by atoms with Gasteiger partial charge in [-0.25, -0.2) is 13.1 Å². The van der Waals surface area contributed by atoms with Crippen molar-refractivity contribution in [1.29, 1.82) is 0 Å². The van der Waals surface area contributed by atoms with Crippen LogP contribution in [0.25, 0.3) is 0 Å². The lowest BCUT2D eigenvalue weighted by Crippen LogP contribution is -2.34. The predicted molar refractivity (Wildman–Crippen MR) is 129 cm³/mol. The highest BCUT2D eigenvalue weighted by molar-refractivity contribution is 7.89. The van der Waals surface area contributed by atoms with E-state index >= 15 is 0 Å². The molecule has 1 aliphatic rings. The number of ether oxygens (including phenoxy) is 2. The molecule has 11 heteroatoms. The van der Waals surface area contributed by atoms with Crippen LogP contribution in [0.5, 0.6) is 11.5 Å². The molecular formula is C24H24N4O6S. The Morgan fingerprint density at radius 3 is 2.74 bits per heavy atom. The highest BCUT2D eigenvalue weighted by Crippen LogP contribution is 2.32. The Kier molecular flexibility index (Phi) is 6.99.